The lowest BCUT2D eigenvalue weighted by atomic mass is 10.1. The van der Waals surface area contributed by atoms with E-state index in [1.54, 1.807) is 0 Å². The standard InChI is InChI=1S/C17H23N3O4/c1-11(2)20-6-5-18-17(22)13(20)8-16(21)19-9-12-3-4-14-15(7-12)24-10-23-14/h3-4,7,11,13H,5-6,8-10H2,1-2H3,(H,18,22)(H,19,21). The summed E-state index contributed by atoms with van der Waals surface area (Å²) >= 11 is 0. The van der Waals surface area contributed by atoms with Crippen molar-refractivity contribution in [3.8, 4) is 11.5 Å². The minimum Gasteiger partial charge on any atom is -0.454 e. The second kappa shape index (κ2) is 7.09. The predicted molar refractivity (Wildman–Crippen MR) is 87.7 cm³/mol. The summed E-state index contributed by atoms with van der Waals surface area (Å²) in [6.45, 7) is 6.10. The number of nitrogens with zero attached hydrogens (tertiary/aromatic N) is 1. The summed E-state index contributed by atoms with van der Waals surface area (Å²) < 4.78 is 10.6. The second-order valence-electron chi connectivity index (χ2n) is 6.31. The van der Waals surface area contributed by atoms with E-state index in [9.17, 15) is 9.59 Å². The van der Waals surface area contributed by atoms with Crippen molar-refractivity contribution >= 4 is 11.8 Å². The number of carbonyl (C=O) groups excluding carboxylic acids is 2. The number of nitrogens with one attached hydrogen (secondary N) is 2. The van der Waals surface area contributed by atoms with E-state index in [1.807, 2.05) is 32.0 Å². The number of fused-ring (bicyclic) bond motifs is 1. The Kier molecular flexibility index (Phi) is 4.89. The molecular formula is C17H23N3O4. The summed E-state index contributed by atoms with van der Waals surface area (Å²) in [6, 6.07) is 5.40. The first-order valence-electron chi connectivity index (χ1n) is 8.23. The van der Waals surface area contributed by atoms with E-state index < -0.39 is 6.04 Å². The largest absolute Gasteiger partial charge is 0.454 e. The molecule has 3 rings (SSSR count). The first-order valence-corrected chi connectivity index (χ1v) is 8.23. The molecule has 2 aliphatic heterocycles. The average Bonchev–Trinajstić information content (AvgIpc) is 3.02. The molecule has 1 unspecified atom stereocenters. The normalized spacial score (nSPS) is 20.1. The molecule has 0 saturated carbocycles. The van der Waals surface area contributed by atoms with E-state index in [0.29, 0.717) is 18.8 Å². The van der Waals surface area contributed by atoms with Crippen LogP contribution in [-0.4, -0.2) is 48.7 Å². The zero-order valence-corrected chi connectivity index (χ0v) is 14.0. The second-order valence-corrected chi connectivity index (χ2v) is 6.31. The quantitative estimate of drug-likeness (QED) is 0.826. The molecule has 0 aromatic heterocycles. The van der Waals surface area contributed by atoms with Crippen LogP contribution in [0.3, 0.4) is 0 Å². The Morgan fingerprint density at radius 3 is 2.96 bits per heavy atom. The minimum atomic E-state index is -0.407. The molecule has 2 N–H and O–H groups in total. The van der Waals surface area contributed by atoms with Crippen LogP contribution in [0.25, 0.3) is 0 Å². The molecule has 1 fully saturated rings. The third-order valence-electron chi connectivity index (χ3n) is 4.34. The molecule has 1 aromatic rings. The molecule has 0 spiro atoms. The molecule has 1 saturated heterocycles. The van der Waals surface area contributed by atoms with E-state index in [2.05, 4.69) is 15.5 Å². The predicted octanol–water partition coefficient (Wildman–Crippen LogP) is 0.630. The van der Waals surface area contributed by atoms with Crippen molar-refractivity contribution < 1.29 is 19.1 Å². The summed E-state index contributed by atoms with van der Waals surface area (Å²) in [5.41, 5.74) is 0.932. The van der Waals surface area contributed by atoms with E-state index in [-0.39, 0.29) is 31.1 Å². The molecular weight excluding hydrogens is 310 g/mol. The SMILES string of the molecule is CC(C)N1CCNC(=O)C1CC(=O)NCc1ccc2c(c1)OCO2. The van der Waals surface area contributed by atoms with Crippen molar-refractivity contribution in [3.63, 3.8) is 0 Å². The molecule has 7 heteroatoms. The summed E-state index contributed by atoms with van der Waals surface area (Å²) in [4.78, 5) is 26.4. The van der Waals surface area contributed by atoms with Crippen molar-refractivity contribution in [1.82, 2.24) is 15.5 Å². The van der Waals surface area contributed by atoms with Crippen LogP contribution in [0.15, 0.2) is 18.2 Å². The van der Waals surface area contributed by atoms with Gasteiger partial charge in [-0.1, -0.05) is 6.07 Å². The van der Waals surface area contributed by atoms with Crippen molar-refractivity contribution in [2.75, 3.05) is 19.9 Å². The third-order valence-corrected chi connectivity index (χ3v) is 4.34. The number of benzene rings is 1. The zero-order chi connectivity index (χ0) is 17.1. The van der Waals surface area contributed by atoms with Crippen LogP contribution >= 0.6 is 0 Å². The fraction of sp³-hybridized carbons (Fsp3) is 0.529. The van der Waals surface area contributed by atoms with Crippen molar-refractivity contribution in [2.45, 2.75) is 38.9 Å². The Morgan fingerprint density at radius 2 is 2.17 bits per heavy atom. The highest BCUT2D eigenvalue weighted by Gasteiger charge is 2.32. The van der Waals surface area contributed by atoms with Crippen LogP contribution in [0.1, 0.15) is 25.8 Å². The van der Waals surface area contributed by atoms with Crippen LogP contribution in [-0.2, 0) is 16.1 Å². The van der Waals surface area contributed by atoms with Crippen molar-refractivity contribution in [2.24, 2.45) is 0 Å². The summed E-state index contributed by atoms with van der Waals surface area (Å²) in [5.74, 6) is 1.20. The fourth-order valence-corrected chi connectivity index (χ4v) is 3.06. The van der Waals surface area contributed by atoms with Gasteiger partial charge in [0.15, 0.2) is 11.5 Å². The van der Waals surface area contributed by atoms with Crippen LogP contribution in [0.4, 0.5) is 0 Å². The highest BCUT2D eigenvalue weighted by molar-refractivity contribution is 5.88. The number of hydrogen-bond acceptors (Lipinski definition) is 5. The zero-order valence-electron chi connectivity index (χ0n) is 14.0. The Labute approximate surface area is 141 Å². The molecule has 2 amide bonds. The molecule has 2 aliphatic rings. The summed E-state index contributed by atoms with van der Waals surface area (Å²) in [7, 11) is 0. The maximum atomic E-state index is 12.3. The first-order chi connectivity index (χ1) is 11.5. The van der Waals surface area contributed by atoms with Gasteiger partial charge in [-0.25, -0.2) is 0 Å². The van der Waals surface area contributed by atoms with Gasteiger partial charge in [0.25, 0.3) is 0 Å². The van der Waals surface area contributed by atoms with Gasteiger partial charge in [-0.15, -0.1) is 0 Å². The number of piperazine rings is 1. The third kappa shape index (κ3) is 3.62. The van der Waals surface area contributed by atoms with E-state index in [1.165, 1.54) is 0 Å². The van der Waals surface area contributed by atoms with Gasteiger partial charge in [-0.3, -0.25) is 14.5 Å². The molecule has 0 bridgehead atoms. The van der Waals surface area contributed by atoms with Gasteiger partial charge in [0.1, 0.15) is 0 Å². The van der Waals surface area contributed by atoms with Gasteiger partial charge >= 0.3 is 0 Å². The summed E-state index contributed by atoms with van der Waals surface area (Å²) in [6.07, 6.45) is 0.161. The highest BCUT2D eigenvalue weighted by Crippen LogP contribution is 2.32. The molecule has 1 atom stereocenters. The molecule has 0 aliphatic carbocycles. The van der Waals surface area contributed by atoms with E-state index in [0.717, 1.165) is 17.9 Å². The number of ether oxygens (including phenoxy) is 2. The molecule has 7 nitrogen and oxygen atoms in total. The van der Waals surface area contributed by atoms with Crippen LogP contribution in [0.5, 0.6) is 11.5 Å². The van der Waals surface area contributed by atoms with Crippen molar-refractivity contribution in [1.29, 1.82) is 0 Å². The fourth-order valence-electron chi connectivity index (χ4n) is 3.06. The smallest absolute Gasteiger partial charge is 0.237 e. The molecule has 1 aromatic carbocycles. The lowest BCUT2D eigenvalue weighted by molar-refractivity contribution is -0.134. The van der Waals surface area contributed by atoms with Gasteiger partial charge in [-0.2, -0.15) is 0 Å². The molecule has 130 valence electrons. The Morgan fingerprint density at radius 1 is 1.38 bits per heavy atom. The maximum Gasteiger partial charge on any atom is 0.237 e. The van der Waals surface area contributed by atoms with Gasteiger partial charge in [0.05, 0.1) is 12.5 Å². The van der Waals surface area contributed by atoms with Gasteiger partial charge in [-0.05, 0) is 31.5 Å². The Balaban J connectivity index is 1.55. The monoisotopic (exact) mass is 333 g/mol. The number of hydrogen-bond donors (Lipinski definition) is 2. The van der Waals surface area contributed by atoms with Gasteiger partial charge < -0.3 is 20.1 Å². The first kappa shape index (κ1) is 16.6. The van der Waals surface area contributed by atoms with Gasteiger partial charge in [0, 0.05) is 25.7 Å². The number of carbonyl (C=O) groups is 2. The van der Waals surface area contributed by atoms with Crippen LogP contribution < -0.4 is 20.1 Å². The van der Waals surface area contributed by atoms with Crippen LogP contribution in [0, 0.1) is 0 Å². The molecule has 24 heavy (non-hydrogen) atoms. The number of rotatable bonds is 5. The molecule has 2 heterocycles. The van der Waals surface area contributed by atoms with Crippen molar-refractivity contribution in [3.05, 3.63) is 23.8 Å². The molecule has 0 radical (unpaired) electrons. The maximum absolute atomic E-state index is 12.3. The Bertz CT molecular complexity index is 632. The average molecular weight is 333 g/mol. The van der Waals surface area contributed by atoms with E-state index in [4.69, 9.17) is 9.47 Å². The number of amides is 2. The van der Waals surface area contributed by atoms with E-state index >= 15 is 0 Å². The lowest BCUT2D eigenvalue weighted by Gasteiger charge is -2.37. The Hall–Kier alpha value is -2.28. The van der Waals surface area contributed by atoms with Gasteiger partial charge in [0.2, 0.25) is 18.6 Å². The topological polar surface area (TPSA) is 79.9 Å². The van der Waals surface area contributed by atoms with Crippen LogP contribution in [0.2, 0.25) is 0 Å². The lowest BCUT2D eigenvalue weighted by Crippen LogP contribution is -2.58. The summed E-state index contributed by atoms with van der Waals surface area (Å²) in [5, 5.41) is 5.71. The highest BCUT2D eigenvalue weighted by atomic mass is 16.7. The minimum absolute atomic E-state index is 0.0758.